The van der Waals surface area contributed by atoms with E-state index in [-0.39, 0.29) is 44.2 Å². The number of amides is 1. The van der Waals surface area contributed by atoms with Crippen LogP contribution in [0.5, 0.6) is 0 Å². The Morgan fingerprint density at radius 2 is 1.04 bits per heavy atom. The number of alkyl carbamates (subject to hydrolysis) is 1. The second-order valence-electron chi connectivity index (χ2n) is 20.2. The molecule has 0 fully saturated rings. The van der Waals surface area contributed by atoms with Crippen LogP contribution in [0.1, 0.15) is 254 Å². The summed E-state index contributed by atoms with van der Waals surface area (Å²) >= 11 is 0. The normalized spacial score (nSPS) is 13.3. The van der Waals surface area contributed by atoms with E-state index in [2.05, 4.69) is 83.0 Å². The average molecular weight is 1070 g/mol. The van der Waals surface area contributed by atoms with Gasteiger partial charge in [0.05, 0.1) is 24.9 Å². The van der Waals surface area contributed by atoms with Gasteiger partial charge in [-0.3, -0.25) is 19.2 Å². The summed E-state index contributed by atoms with van der Waals surface area (Å²) in [6.45, 7) is 21.1. The number of hydrogen-bond acceptors (Lipinski definition) is 13. The van der Waals surface area contributed by atoms with E-state index in [4.69, 9.17) is 33.2 Å². The maximum atomic E-state index is 13.5. The zero-order chi connectivity index (χ0) is 55.4. The highest BCUT2D eigenvalue weighted by Crippen LogP contribution is 2.21. The molecule has 0 saturated carbocycles. The highest BCUT2D eigenvalue weighted by Gasteiger charge is 2.28. The second-order valence-corrected chi connectivity index (χ2v) is 20.2. The lowest BCUT2D eigenvalue weighted by Gasteiger charge is -2.25. The Labute approximate surface area is 457 Å². The van der Waals surface area contributed by atoms with E-state index in [1.165, 1.54) is 6.42 Å². The molecule has 0 spiro atoms. The summed E-state index contributed by atoms with van der Waals surface area (Å²) in [6, 6.07) is 0. The van der Waals surface area contributed by atoms with Gasteiger partial charge >= 0.3 is 30.0 Å². The van der Waals surface area contributed by atoms with Crippen molar-refractivity contribution in [1.29, 1.82) is 0 Å². The Morgan fingerprint density at radius 3 is 1.64 bits per heavy atom. The lowest BCUT2D eigenvalue weighted by Crippen LogP contribution is -2.34. The minimum Gasteiger partial charge on any atom is -0.465 e. The Balaban J connectivity index is 5.67. The highest BCUT2D eigenvalue weighted by atomic mass is 16.7. The Kier molecular flexibility index (Phi) is 50.1. The van der Waals surface area contributed by atoms with Crippen LogP contribution in [-0.2, 0) is 52.3 Å². The van der Waals surface area contributed by atoms with E-state index < -0.39 is 48.6 Å². The van der Waals surface area contributed by atoms with Crippen LogP contribution in [0.2, 0.25) is 0 Å². The van der Waals surface area contributed by atoms with Gasteiger partial charge in [0.15, 0.2) is 6.29 Å². The van der Waals surface area contributed by atoms with Crippen LogP contribution < -0.4 is 5.32 Å². The molecule has 14 nitrogen and oxygen atoms in total. The van der Waals surface area contributed by atoms with Gasteiger partial charge in [0.25, 0.3) is 6.29 Å². The van der Waals surface area contributed by atoms with Crippen molar-refractivity contribution >= 4 is 30.0 Å². The van der Waals surface area contributed by atoms with Gasteiger partial charge in [0.1, 0.15) is 12.7 Å². The van der Waals surface area contributed by atoms with E-state index >= 15 is 0 Å². The van der Waals surface area contributed by atoms with Gasteiger partial charge in [-0.1, -0.05) is 150 Å². The van der Waals surface area contributed by atoms with Crippen molar-refractivity contribution in [2.75, 3.05) is 52.6 Å². The fraction of sp³-hybridized carbons (Fsp3) is 0.852. The van der Waals surface area contributed by atoms with Crippen molar-refractivity contribution in [3.8, 4) is 0 Å². The zero-order valence-electron chi connectivity index (χ0n) is 49.1. The molecule has 0 aliphatic heterocycles. The molecular formula is C61H112N2O12. The van der Waals surface area contributed by atoms with E-state index in [0.29, 0.717) is 52.0 Å². The van der Waals surface area contributed by atoms with E-state index in [1.807, 2.05) is 0 Å². The van der Waals surface area contributed by atoms with Gasteiger partial charge in [-0.2, -0.15) is 0 Å². The maximum Gasteiger partial charge on any atom is 0.407 e. The van der Waals surface area contributed by atoms with Crippen molar-refractivity contribution in [2.24, 2.45) is 11.8 Å². The number of nitrogens with zero attached hydrogens (tertiary/aromatic N) is 1. The lowest BCUT2D eigenvalue weighted by atomic mass is 9.95. The Morgan fingerprint density at radius 1 is 0.493 bits per heavy atom. The average Bonchev–Trinajstić information content (AvgIpc) is 3.40. The number of hydrogen-bond donors (Lipinski definition) is 1. The van der Waals surface area contributed by atoms with Gasteiger partial charge in [-0.05, 0) is 122 Å². The molecule has 0 aromatic heterocycles. The molecule has 0 aliphatic carbocycles. The van der Waals surface area contributed by atoms with Crippen LogP contribution in [0.15, 0.2) is 24.3 Å². The molecule has 0 aromatic rings. The predicted molar refractivity (Wildman–Crippen MR) is 302 cm³/mol. The van der Waals surface area contributed by atoms with Crippen molar-refractivity contribution in [3.05, 3.63) is 24.3 Å². The number of nitrogens with one attached hydrogen (secondary N) is 1. The molecule has 1 amide bonds. The molecule has 0 radical (unpaired) electrons. The first-order chi connectivity index (χ1) is 36.5. The first-order valence-corrected chi connectivity index (χ1v) is 30.4. The van der Waals surface area contributed by atoms with Crippen molar-refractivity contribution in [3.63, 3.8) is 0 Å². The fourth-order valence-corrected chi connectivity index (χ4v) is 8.42. The SMILES string of the molecule is CC/C=C\CCCCOC(CCC(=O)OC(OC(=O)CCCCCCOC(=O)C(CCCC)CCCCCC)C(C)COC(=O)CCC(CCCCCC)OC(=O)NCCCN(CC)CC)OCCCC/C=C\CC. The first kappa shape index (κ1) is 71.5. The molecule has 4 unspecified atom stereocenters. The molecule has 75 heavy (non-hydrogen) atoms. The number of rotatable bonds is 53. The molecule has 4 atom stereocenters. The molecule has 0 aliphatic rings. The molecule has 0 rings (SSSR count). The quantitative estimate of drug-likeness (QED) is 0.0201. The Bertz CT molecular complexity index is 1410. The number of esters is 4. The highest BCUT2D eigenvalue weighted by molar-refractivity contribution is 5.72. The molecule has 0 bridgehead atoms. The second kappa shape index (κ2) is 52.6. The smallest absolute Gasteiger partial charge is 0.407 e. The lowest BCUT2D eigenvalue weighted by molar-refractivity contribution is -0.202. The summed E-state index contributed by atoms with van der Waals surface area (Å²) in [5, 5.41) is 2.86. The van der Waals surface area contributed by atoms with Crippen molar-refractivity contribution < 1.29 is 57.1 Å². The summed E-state index contributed by atoms with van der Waals surface area (Å²) in [5.74, 6) is -2.42. The van der Waals surface area contributed by atoms with Crippen molar-refractivity contribution in [2.45, 2.75) is 273 Å². The van der Waals surface area contributed by atoms with Gasteiger partial charge in [-0.15, -0.1) is 0 Å². The zero-order valence-corrected chi connectivity index (χ0v) is 49.1. The summed E-state index contributed by atoms with van der Waals surface area (Å²) in [7, 11) is 0. The third-order valence-corrected chi connectivity index (χ3v) is 13.3. The monoisotopic (exact) mass is 1060 g/mol. The third kappa shape index (κ3) is 44.2. The van der Waals surface area contributed by atoms with E-state index in [0.717, 1.165) is 161 Å². The Hall–Kier alpha value is -3.49. The van der Waals surface area contributed by atoms with Crippen LogP contribution in [-0.4, -0.2) is 106 Å². The summed E-state index contributed by atoms with van der Waals surface area (Å²) in [4.78, 5) is 68.0. The summed E-state index contributed by atoms with van der Waals surface area (Å²) in [6.07, 6.45) is 30.8. The van der Waals surface area contributed by atoms with Gasteiger partial charge in [-0.25, -0.2) is 4.79 Å². The topological polar surface area (TPSA) is 165 Å². The minimum atomic E-state index is -1.30. The van der Waals surface area contributed by atoms with Crippen LogP contribution in [0.25, 0.3) is 0 Å². The van der Waals surface area contributed by atoms with Crippen molar-refractivity contribution in [1.82, 2.24) is 10.2 Å². The van der Waals surface area contributed by atoms with Gasteiger partial charge in [0, 0.05) is 39.0 Å². The van der Waals surface area contributed by atoms with Crippen LogP contribution in [0, 0.1) is 11.8 Å². The predicted octanol–water partition coefficient (Wildman–Crippen LogP) is 14.8. The number of allylic oxidation sites excluding steroid dienone is 4. The first-order valence-electron chi connectivity index (χ1n) is 30.4. The van der Waals surface area contributed by atoms with Gasteiger partial charge < -0.3 is 43.4 Å². The third-order valence-electron chi connectivity index (χ3n) is 13.3. The molecule has 438 valence electrons. The van der Waals surface area contributed by atoms with Crippen LogP contribution in [0.4, 0.5) is 4.79 Å². The van der Waals surface area contributed by atoms with Crippen LogP contribution in [0.3, 0.4) is 0 Å². The molecular weight excluding hydrogens is 953 g/mol. The fourth-order valence-electron chi connectivity index (χ4n) is 8.42. The van der Waals surface area contributed by atoms with Crippen LogP contribution >= 0.6 is 0 Å². The number of carbonyl (C=O) groups is 5. The van der Waals surface area contributed by atoms with E-state index in [1.54, 1.807) is 6.92 Å². The minimum absolute atomic E-state index is 0.0224. The number of ether oxygens (including phenoxy) is 7. The summed E-state index contributed by atoms with van der Waals surface area (Å²) in [5.41, 5.74) is 0. The standard InChI is InChI=1S/C61H112N2O12/c1-9-16-21-25-28-34-48-69-58(70-49-35-29-26-22-17-10-2)45-44-57(66)75-60(74-56(65)41-33-27-30-36-50-71-59(67)53(38-20-13-5)39-31-23-18-11-3)52(8)51-72-55(64)43-42-54(40-32-24-19-12-4)73-61(68)62-46-37-47-63(14-6)15-7/h16-17,21-22,52-54,58,60H,9-15,18-20,23-51H2,1-8H3,(H,62,68)/b21-16-,22-17-. The molecule has 0 saturated heterocycles. The molecule has 0 aromatic carbocycles. The largest absolute Gasteiger partial charge is 0.465 e. The molecule has 0 heterocycles. The maximum absolute atomic E-state index is 13.5. The molecule has 1 N–H and O–H groups in total. The van der Waals surface area contributed by atoms with Gasteiger partial charge in [0.2, 0.25) is 0 Å². The van der Waals surface area contributed by atoms with E-state index in [9.17, 15) is 24.0 Å². The number of carbonyl (C=O) groups excluding carboxylic acids is 5. The summed E-state index contributed by atoms with van der Waals surface area (Å²) < 4.78 is 41.1. The molecule has 14 heteroatoms. The number of unbranched alkanes of at least 4 members (excludes halogenated alkanes) is 14.